The monoisotopic (exact) mass is 342 g/mol. The van der Waals surface area contributed by atoms with Crippen molar-refractivity contribution < 1.29 is 4.79 Å². The highest BCUT2D eigenvalue weighted by Gasteiger charge is 2.21. The number of aryl methyl sites for hydroxylation is 2. The van der Waals surface area contributed by atoms with E-state index < -0.39 is 0 Å². The van der Waals surface area contributed by atoms with Gasteiger partial charge in [0.1, 0.15) is 5.82 Å². The van der Waals surface area contributed by atoms with Crippen molar-refractivity contribution in [3.8, 4) is 0 Å². The van der Waals surface area contributed by atoms with Crippen LogP contribution in [0.4, 0.5) is 0 Å². The second-order valence-electron chi connectivity index (χ2n) is 7.27. The van der Waals surface area contributed by atoms with Crippen LogP contribution in [0.1, 0.15) is 38.4 Å². The molecule has 3 rings (SSSR count). The highest BCUT2D eigenvalue weighted by atomic mass is 16.1. The molecule has 1 saturated heterocycles. The molecule has 2 aromatic rings. The van der Waals surface area contributed by atoms with Gasteiger partial charge in [-0.2, -0.15) is 0 Å². The van der Waals surface area contributed by atoms with Crippen molar-refractivity contribution in [2.45, 2.75) is 46.1 Å². The number of hydrogen-bond acceptors (Lipinski definition) is 3. The van der Waals surface area contributed by atoms with Crippen LogP contribution >= 0.6 is 0 Å². The molecular formula is C20H30N4O. The predicted molar refractivity (Wildman–Crippen MR) is 101 cm³/mol. The highest BCUT2D eigenvalue weighted by Crippen LogP contribution is 2.24. The van der Waals surface area contributed by atoms with Crippen LogP contribution in [0, 0.1) is 18.8 Å². The van der Waals surface area contributed by atoms with Crippen LogP contribution in [0.15, 0.2) is 24.3 Å². The van der Waals surface area contributed by atoms with Gasteiger partial charge in [-0.15, -0.1) is 0 Å². The van der Waals surface area contributed by atoms with Gasteiger partial charge in [-0.3, -0.25) is 4.79 Å². The molecule has 1 aromatic heterocycles. The molecule has 2 N–H and O–H groups in total. The molecule has 0 aliphatic carbocycles. The molecule has 1 amide bonds. The Morgan fingerprint density at radius 3 is 2.92 bits per heavy atom. The third-order valence-corrected chi connectivity index (χ3v) is 5.42. The minimum atomic E-state index is 0.193. The zero-order valence-corrected chi connectivity index (χ0v) is 15.4. The van der Waals surface area contributed by atoms with Crippen LogP contribution in [0.5, 0.6) is 0 Å². The van der Waals surface area contributed by atoms with E-state index in [1.165, 1.54) is 18.4 Å². The smallest absolute Gasteiger partial charge is 0.220 e. The summed E-state index contributed by atoms with van der Waals surface area (Å²) in [7, 11) is 0. The van der Waals surface area contributed by atoms with E-state index in [2.05, 4.69) is 33.2 Å². The zero-order valence-electron chi connectivity index (χ0n) is 15.4. The van der Waals surface area contributed by atoms with Crippen molar-refractivity contribution in [2.75, 3.05) is 19.6 Å². The second kappa shape index (κ2) is 8.48. The number of fused-ring (bicyclic) bond motifs is 1. The first-order valence-corrected chi connectivity index (χ1v) is 9.54. The molecule has 1 fully saturated rings. The molecule has 1 atom stereocenters. The molecular weight excluding hydrogens is 312 g/mol. The summed E-state index contributed by atoms with van der Waals surface area (Å²) in [6.45, 7) is 8.06. The molecule has 5 nitrogen and oxygen atoms in total. The van der Waals surface area contributed by atoms with E-state index in [1.54, 1.807) is 0 Å². The summed E-state index contributed by atoms with van der Waals surface area (Å²) in [6.07, 6.45) is 3.97. The normalized spacial score (nSPS) is 16.9. The number of piperidine rings is 1. The summed E-state index contributed by atoms with van der Waals surface area (Å²) in [5.41, 5.74) is 2.21. The molecule has 136 valence electrons. The number of nitrogens with one attached hydrogen (secondary N) is 2. The van der Waals surface area contributed by atoms with Gasteiger partial charge in [-0.05, 0) is 63.2 Å². The molecule has 2 heterocycles. The Bertz CT molecular complexity index is 703. The highest BCUT2D eigenvalue weighted by molar-refractivity contribution is 5.76. The van der Waals surface area contributed by atoms with E-state index in [0.29, 0.717) is 18.3 Å². The molecule has 0 radical (unpaired) electrons. The van der Waals surface area contributed by atoms with Gasteiger partial charge in [0.2, 0.25) is 5.91 Å². The van der Waals surface area contributed by atoms with E-state index in [4.69, 9.17) is 0 Å². The molecule has 1 aliphatic heterocycles. The lowest BCUT2D eigenvalue weighted by atomic mass is 9.84. The number of rotatable bonds is 7. The summed E-state index contributed by atoms with van der Waals surface area (Å²) >= 11 is 0. The molecule has 25 heavy (non-hydrogen) atoms. The Kier molecular flexibility index (Phi) is 6.08. The van der Waals surface area contributed by atoms with Gasteiger partial charge >= 0.3 is 0 Å². The van der Waals surface area contributed by atoms with Gasteiger partial charge in [0, 0.05) is 19.5 Å². The number of hydrogen-bond donors (Lipinski definition) is 2. The lowest BCUT2D eigenvalue weighted by molar-refractivity contribution is -0.122. The van der Waals surface area contributed by atoms with Crippen molar-refractivity contribution in [3.63, 3.8) is 0 Å². The van der Waals surface area contributed by atoms with E-state index in [-0.39, 0.29) is 5.91 Å². The number of carbonyl (C=O) groups is 1. The number of carbonyl (C=O) groups excluding carboxylic acids is 1. The van der Waals surface area contributed by atoms with Crippen molar-refractivity contribution >= 4 is 16.9 Å². The maximum absolute atomic E-state index is 12.2. The summed E-state index contributed by atoms with van der Waals surface area (Å²) in [6, 6.07) is 8.21. The zero-order chi connectivity index (χ0) is 17.6. The minimum Gasteiger partial charge on any atom is -0.356 e. The average molecular weight is 342 g/mol. The van der Waals surface area contributed by atoms with Crippen LogP contribution in [-0.4, -0.2) is 35.1 Å². The Hall–Kier alpha value is -1.88. The third kappa shape index (κ3) is 4.60. The summed E-state index contributed by atoms with van der Waals surface area (Å²) in [4.78, 5) is 16.8. The minimum absolute atomic E-state index is 0.193. The van der Waals surface area contributed by atoms with E-state index in [0.717, 1.165) is 43.9 Å². The van der Waals surface area contributed by atoms with Gasteiger partial charge in [-0.25, -0.2) is 4.98 Å². The van der Waals surface area contributed by atoms with E-state index in [1.807, 2.05) is 25.1 Å². The summed E-state index contributed by atoms with van der Waals surface area (Å²) in [5.74, 6) is 2.39. The van der Waals surface area contributed by atoms with Gasteiger partial charge in [0.05, 0.1) is 11.0 Å². The average Bonchev–Trinajstić information content (AvgIpc) is 2.95. The fourth-order valence-electron chi connectivity index (χ4n) is 3.89. The Morgan fingerprint density at radius 2 is 2.12 bits per heavy atom. The fourth-order valence-corrected chi connectivity index (χ4v) is 3.89. The maximum atomic E-state index is 12.2. The van der Waals surface area contributed by atoms with E-state index in [9.17, 15) is 4.79 Å². The molecule has 0 spiro atoms. The van der Waals surface area contributed by atoms with Crippen molar-refractivity contribution in [3.05, 3.63) is 30.1 Å². The Morgan fingerprint density at radius 1 is 1.36 bits per heavy atom. The number of aromatic nitrogens is 2. The Balaban J connectivity index is 1.41. The molecule has 5 heteroatoms. The van der Waals surface area contributed by atoms with Crippen LogP contribution in [-0.2, 0) is 11.3 Å². The predicted octanol–water partition coefficient (Wildman–Crippen LogP) is 2.88. The van der Waals surface area contributed by atoms with Gasteiger partial charge < -0.3 is 15.2 Å². The molecule has 1 aromatic carbocycles. The standard InChI is InChI=1S/C20H30N4O/c1-15(17-8-11-21-12-9-17)14-20(25)22-10-5-13-24-16(2)23-18-6-3-4-7-19(18)24/h3-4,6-7,15,17,21H,5,8-14H2,1-2H3,(H,22,25). The number of para-hydroxylation sites is 2. The summed E-state index contributed by atoms with van der Waals surface area (Å²) in [5, 5.41) is 6.48. The number of imidazole rings is 1. The first-order valence-electron chi connectivity index (χ1n) is 9.54. The van der Waals surface area contributed by atoms with Crippen LogP contribution in [0.3, 0.4) is 0 Å². The first kappa shape index (κ1) is 17.9. The largest absolute Gasteiger partial charge is 0.356 e. The number of nitrogens with zero attached hydrogens (tertiary/aromatic N) is 2. The Labute approximate surface area is 150 Å². The molecule has 1 unspecified atom stereocenters. The van der Waals surface area contributed by atoms with E-state index >= 15 is 0 Å². The third-order valence-electron chi connectivity index (χ3n) is 5.42. The fraction of sp³-hybridized carbons (Fsp3) is 0.600. The second-order valence-corrected chi connectivity index (χ2v) is 7.27. The number of amides is 1. The lowest BCUT2D eigenvalue weighted by Crippen LogP contribution is -2.33. The maximum Gasteiger partial charge on any atom is 0.220 e. The quantitative estimate of drug-likeness (QED) is 0.761. The number of benzene rings is 1. The van der Waals surface area contributed by atoms with Gasteiger partial charge in [0.25, 0.3) is 0 Å². The van der Waals surface area contributed by atoms with Crippen molar-refractivity contribution in [1.82, 2.24) is 20.2 Å². The SMILES string of the molecule is Cc1nc2ccccc2n1CCCNC(=O)CC(C)C1CCNCC1. The van der Waals surface area contributed by atoms with Crippen molar-refractivity contribution in [1.29, 1.82) is 0 Å². The van der Waals surface area contributed by atoms with Crippen molar-refractivity contribution in [2.24, 2.45) is 11.8 Å². The van der Waals surface area contributed by atoms with Crippen LogP contribution in [0.2, 0.25) is 0 Å². The molecule has 0 saturated carbocycles. The molecule has 0 bridgehead atoms. The van der Waals surface area contributed by atoms with Crippen LogP contribution < -0.4 is 10.6 Å². The first-order chi connectivity index (χ1) is 12.1. The summed E-state index contributed by atoms with van der Waals surface area (Å²) < 4.78 is 2.24. The van der Waals surface area contributed by atoms with Gasteiger partial charge in [-0.1, -0.05) is 19.1 Å². The lowest BCUT2D eigenvalue weighted by Gasteiger charge is -2.27. The topological polar surface area (TPSA) is 59.0 Å². The van der Waals surface area contributed by atoms with Gasteiger partial charge in [0.15, 0.2) is 0 Å². The molecule has 1 aliphatic rings. The van der Waals surface area contributed by atoms with Crippen LogP contribution in [0.25, 0.3) is 11.0 Å².